The lowest BCUT2D eigenvalue weighted by atomic mass is 10.1. The van der Waals surface area contributed by atoms with Crippen molar-refractivity contribution in [2.45, 2.75) is 26.5 Å². The summed E-state index contributed by atoms with van der Waals surface area (Å²) < 4.78 is 28.6. The summed E-state index contributed by atoms with van der Waals surface area (Å²) in [7, 11) is 0. The highest BCUT2D eigenvalue weighted by molar-refractivity contribution is 5.93. The fourth-order valence-electron chi connectivity index (χ4n) is 2.28. The van der Waals surface area contributed by atoms with E-state index >= 15 is 0 Å². The van der Waals surface area contributed by atoms with Gasteiger partial charge in [0.2, 0.25) is 5.82 Å². The molecule has 27 heavy (non-hydrogen) atoms. The van der Waals surface area contributed by atoms with Crippen LogP contribution >= 0.6 is 0 Å². The molecule has 3 rings (SSSR count). The molecule has 0 radical (unpaired) electrons. The monoisotopic (exact) mass is 373 g/mol. The molecule has 0 saturated heterocycles. The summed E-state index contributed by atoms with van der Waals surface area (Å²) >= 11 is 0. The number of hydrogen-bond donors (Lipinski definition) is 1. The van der Waals surface area contributed by atoms with Crippen LogP contribution in [0.5, 0.6) is 5.75 Å². The van der Waals surface area contributed by atoms with Crippen molar-refractivity contribution in [3.63, 3.8) is 0 Å². The molecule has 0 saturated carbocycles. The van der Waals surface area contributed by atoms with Gasteiger partial charge >= 0.3 is 6.61 Å². The van der Waals surface area contributed by atoms with E-state index in [2.05, 4.69) is 25.5 Å². The molecular weight excluding hydrogens is 356 g/mol. The molecule has 140 valence electrons. The van der Waals surface area contributed by atoms with Gasteiger partial charge in [-0.05, 0) is 43.3 Å². The second kappa shape index (κ2) is 7.90. The molecule has 1 heterocycles. The first kappa shape index (κ1) is 18.4. The highest BCUT2D eigenvalue weighted by Crippen LogP contribution is 2.19. The Kier molecular flexibility index (Phi) is 5.39. The Morgan fingerprint density at radius 3 is 2.41 bits per heavy atom. The zero-order valence-electron chi connectivity index (χ0n) is 14.6. The van der Waals surface area contributed by atoms with Gasteiger partial charge < -0.3 is 10.1 Å². The summed E-state index contributed by atoms with van der Waals surface area (Å²) in [5, 5.41) is 14.8. The molecule has 7 nitrogen and oxygen atoms in total. The summed E-state index contributed by atoms with van der Waals surface area (Å²) in [5.41, 5.74) is 2.35. The van der Waals surface area contributed by atoms with E-state index in [1.165, 1.54) is 29.1 Å². The van der Waals surface area contributed by atoms with Gasteiger partial charge in [-0.2, -0.15) is 13.6 Å². The minimum Gasteiger partial charge on any atom is -0.435 e. The maximum Gasteiger partial charge on any atom is 0.387 e. The lowest BCUT2D eigenvalue weighted by Gasteiger charge is -2.11. The number of rotatable bonds is 6. The van der Waals surface area contributed by atoms with Crippen LogP contribution in [0.15, 0.2) is 48.5 Å². The average molecular weight is 373 g/mol. The van der Waals surface area contributed by atoms with Gasteiger partial charge in [0, 0.05) is 11.3 Å². The summed E-state index contributed by atoms with van der Waals surface area (Å²) in [5.74, 6) is 0.0604. The number of tetrazole rings is 1. The van der Waals surface area contributed by atoms with Crippen LogP contribution in [0.4, 0.5) is 14.5 Å². The van der Waals surface area contributed by atoms with Crippen molar-refractivity contribution < 1.29 is 18.3 Å². The van der Waals surface area contributed by atoms with Crippen LogP contribution in [-0.4, -0.2) is 32.7 Å². The fraction of sp³-hybridized carbons (Fsp3) is 0.222. The van der Waals surface area contributed by atoms with Crippen LogP contribution in [-0.2, 0) is 4.79 Å². The number of aromatic nitrogens is 4. The van der Waals surface area contributed by atoms with Crippen molar-refractivity contribution in [1.29, 1.82) is 0 Å². The number of halogens is 2. The summed E-state index contributed by atoms with van der Waals surface area (Å²) in [6.45, 7) is 0.711. The third-order valence-corrected chi connectivity index (χ3v) is 3.81. The second-order valence-corrected chi connectivity index (χ2v) is 5.87. The maximum absolute atomic E-state index is 12.4. The molecule has 0 aliphatic rings. The quantitative estimate of drug-likeness (QED) is 0.716. The Bertz CT molecular complexity index is 910. The third-order valence-electron chi connectivity index (χ3n) is 3.81. The number of benzene rings is 2. The van der Waals surface area contributed by atoms with E-state index in [1.807, 2.05) is 31.2 Å². The van der Waals surface area contributed by atoms with Gasteiger partial charge in [0.05, 0.1) is 0 Å². The van der Waals surface area contributed by atoms with Crippen LogP contribution in [0.3, 0.4) is 0 Å². The van der Waals surface area contributed by atoms with Gasteiger partial charge in [-0.25, -0.2) is 0 Å². The van der Waals surface area contributed by atoms with Gasteiger partial charge in [0.1, 0.15) is 11.8 Å². The minimum atomic E-state index is -2.90. The fourth-order valence-corrected chi connectivity index (χ4v) is 2.28. The molecule has 0 unspecified atom stereocenters. The van der Waals surface area contributed by atoms with Gasteiger partial charge in [-0.15, -0.1) is 10.2 Å². The Morgan fingerprint density at radius 1 is 1.11 bits per heavy atom. The SMILES string of the molecule is Cc1ccc(-c2nnn([C@@H](C)C(=O)Nc3ccc(OC(F)F)cc3)n2)cc1. The normalized spacial score (nSPS) is 12.0. The van der Waals surface area contributed by atoms with Gasteiger partial charge in [-0.1, -0.05) is 29.8 Å². The predicted octanol–water partition coefficient (Wildman–Crippen LogP) is 3.45. The number of alkyl halides is 2. The molecule has 1 atom stereocenters. The Morgan fingerprint density at radius 2 is 1.78 bits per heavy atom. The standard InChI is InChI=1S/C18H17F2N5O2/c1-11-3-5-13(6-4-11)16-22-24-25(23-16)12(2)17(26)21-14-7-9-15(10-8-14)27-18(19)20/h3-10,12,18H,1-2H3,(H,21,26)/t12-/m0/s1. The average Bonchev–Trinajstić information content (AvgIpc) is 3.13. The van der Waals surface area contributed by atoms with Gasteiger partial charge in [0.25, 0.3) is 5.91 Å². The van der Waals surface area contributed by atoms with Crippen LogP contribution in [0.1, 0.15) is 18.5 Å². The van der Waals surface area contributed by atoms with E-state index in [1.54, 1.807) is 6.92 Å². The van der Waals surface area contributed by atoms with Crippen molar-refractivity contribution in [1.82, 2.24) is 20.2 Å². The highest BCUT2D eigenvalue weighted by atomic mass is 19.3. The zero-order chi connectivity index (χ0) is 19.4. The summed E-state index contributed by atoms with van der Waals surface area (Å²) in [6.07, 6.45) is 0. The first-order valence-electron chi connectivity index (χ1n) is 8.14. The van der Waals surface area contributed by atoms with Crippen LogP contribution in [0.25, 0.3) is 11.4 Å². The molecule has 0 aliphatic heterocycles. The smallest absolute Gasteiger partial charge is 0.387 e. The van der Waals surface area contributed by atoms with E-state index in [0.29, 0.717) is 11.5 Å². The molecule has 0 bridgehead atoms. The molecule has 3 aromatic rings. The first-order chi connectivity index (χ1) is 12.9. The van der Waals surface area contributed by atoms with Crippen LogP contribution in [0, 0.1) is 6.92 Å². The van der Waals surface area contributed by atoms with Gasteiger partial charge in [-0.3, -0.25) is 4.79 Å². The Balaban J connectivity index is 1.66. The summed E-state index contributed by atoms with van der Waals surface area (Å²) in [4.78, 5) is 13.6. The zero-order valence-corrected chi connectivity index (χ0v) is 14.6. The van der Waals surface area contributed by atoms with Crippen LogP contribution in [0.2, 0.25) is 0 Å². The first-order valence-corrected chi connectivity index (χ1v) is 8.14. The molecule has 1 amide bonds. The van der Waals surface area contributed by atoms with E-state index in [-0.39, 0.29) is 11.7 Å². The second-order valence-electron chi connectivity index (χ2n) is 5.87. The topological polar surface area (TPSA) is 81.9 Å². The third kappa shape index (κ3) is 4.63. The van der Waals surface area contributed by atoms with Crippen molar-refractivity contribution in [2.75, 3.05) is 5.32 Å². The van der Waals surface area contributed by atoms with E-state index in [4.69, 9.17) is 0 Å². The number of nitrogens with one attached hydrogen (secondary N) is 1. The number of carbonyl (C=O) groups is 1. The molecule has 0 fully saturated rings. The molecule has 1 N–H and O–H groups in total. The van der Waals surface area contributed by atoms with Crippen molar-refractivity contribution in [3.8, 4) is 17.1 Å². The van der Waals surface area contributed by atoms with Gasteiger partial charge in [0.15, 0.2) is 0 Å². The number of anilines is 1. The number of ether oxygens (including phenoxy) is 1. The van der Waals surface area contributed by atoms with E-state index < -0.39 is 12.7 Å². The van der Waals surface area contributed by atoms with E-state index in [0.717, 1.165) is 11.1 Å². The van der Waals surface area contributed by atoms with Crippen LogP contribution < -0.4 is 10.1 Å². The molecule has 0 aliphatic carbocycles. The Labute approximate surface area is 154 Å². The molecule has 0 spiro atoms. The molecule has 9 heteroatoms. The molecule has 1 aromatic heterocycles. The maximum atomic E-state index is 12.4. The highest BCUT2D eigenvalue weighted by Gasteiger charge is 2.19. The molecule has 2 aromatic carbocycles. The number of amides is 1. The lowest BCUT2D eigenvalue weighted by molar-refractivity contribution is -0.119. The largest absolute Gasteiger partial charge is 0.435 e. The number of hydrogen-bond acceptors (Lipinski definition) is 5. The minimum absolute atomic E-state index is 0.0109. The predicted molar refractivity (Wildman–Crippen MR) is 94.4 cm³/mol. The lowest BCUT2D eigenvalue weighted by Crippen LogP contribution is -2.25. The van der Waals surface area contributed by atoms with E-state index in [9.17, 15) is 13.6 Å². The Hall–Kier alpha value is -3.36. The van der Waals surface area contributed by atoms with Crippen molar-refractivity contribution in [3.05, 3.63) is 54.1 Å². The number of aryl methyl sites for hydroxylation is 1. The van der Waals surface area contributed by atoms with Crippen molar-refractivity contribution >= 4 is 11.6 Å². The number of carbonyl (C=O) groups excluding carboxylic acids is 1. The van der Waals surface area contributed by atoms with Crippen molar-refractivity contribution in [2.24, 2.45) is 0 Å². The number of nitrogens with zero attached hydrogens (tertiary/aromatic N) is 4. The summed E-state index contributed by atoms with van der Waals surface area (Å²) in [6, 6.07) is 12.5. The molecular formula is C18H17F2N5O2.